The van der Waals surface area contributed by atoms with E-state index in [1.54, 1.807) is 6.20 Å². The van der Waals surface area contributed by atoms with E-state index in [0.29, 0.717) is 12.5 Å². The number of carbonyl (C=O) groups is 1. The van der Waals surface area contributed by atoms with E-state index in [4.69, 9.17) is 5.11 Å². The van der Waals surface area contributed by atoms with E-state index in [9.17, 15) is 9.59 Å². The molecule has 0 saturated carbocycles. The normalized spacial score (nSPS) is 10.9. The van der Waals surface area contributed by atoms with E-state index in [1.807, 2.05) is 13.8 Å². The van der Waals surface area contributed by atoms with E-state index < -0.39 is 5.97 Å². The predicted molar refractivity (Wildman–Crippen MR) is 67.4 cm³/mol. The van der Waals surface area contributed by atoms with Gasteiger partial charge in [0.25, 0.3) is 5.56 Å². The van der Waals surface area contributed by atoms with Crippen molar-refractivity contribution in [1.29, 1.82) is 0 Å². The van der Waals surface area contributed by atoms with Crippen LogP contribution in [0.15, 0.2) is 29.5 Å². The van der Waals surface area contributed by atoms with E-state index in [1.165, 1.54) is 27.7 Å². The van der Waals surface area contributed by atoms with Crippen LogP contribution in [-0.4, -0.2) is 30.4 Å². The maximum Gasteiger partial charge on any atom is 0.356 e. The minimum Gasteiger partial charge on any atom is -0.476 e. The van der Waals surface area contributed by atoms with E-state index in [0.717, 1.165) is 0 Å². The molecule has 19 heavy (non-hydrogen) atoms. The van der Waals surface area contributed by atoms with Crippen LogP contribution in [0.3, 0.4) is 0 Å². The van der Waals surface area contributed by atoms with Gasteiger partial charge in [0.1, 0.15) is 0 Å². The fourth-order valence-electron chi connectivity index (χ4n) is 1.69. The molecule has 2 rings (SSSR count). The van der Waals surface area contributed by atoms with Gasteiger partial charge in [-0.25, -0.2) is 14.5 Å². The molecule has 0 amide bonds. The quantitative estimate of drug-likeness (QED) is 0.879. The highest BCUT2D eigenvalue weighted by Crippen LogP contribution is 2.01. The Hall–Kier alpha value is -2.44. The maximum absolute atomic E-state index is 12.2. The summed E-state index contributed by atoms with van der Waals surface area (Å²) in [6.07, 6.45) is 4.52. The average molecular weight is 262 g/mol. The molecule has 0 aliphatic carbocycles. The molecule has 2 aromatic heterocycles. The smallest absolute Gasteiger partial charge is 0.356 e. The predicted octanol–water partition coefficient (Wildman–Crippen LogP) is 0.783. The Morgan fingerprint density at radius 2 is 2.16 bits per heavy atom. The van der Waals surface area contributed by atoms with Gasteiger partial charge < -0.3 is 9.67 Å². The van der Waals surface area contributed by atoms with Gasteiger partial charge in [-0.2, -0.15) is 5.10 Å². The summed E-state index contributed by atoms with van der Waals surface area (Å²) in [6.45, 7) is 4.58. The highest BCUT2D eigenvalue weighted by Gasteiger charge is 2.12. The molecule has 2 aromatic rings. The number of hydrogen-bond donors (Lipinski definition) is 1. The molecule has 0 aromatic carbocycles. The van der Waals surface area contributed by atoms with Crippen LogP contribution in [0.5, 0.6) is 0 Å². The zero-order valence-corrected chi connectivity index (χ0v) is 10.6. The lowest BCUT2D eigenvalue weighted by Gasteiger charge is -2.09. The van der Waals surface area contributed by atoms with Crippen LogP contribution in [0.2, 0.25) is 0 Å². The van der Waals surface area contributed by atoms with Gasteiger partial charge in [0.15, 0.2) is 5.69 Å². The molecule has 7 nitrogen and oxygen atoms in total. The summed E-state index contributed by atoms with van der Waals surface area (Å²) in [7, 11) is 0. The standard InChI is InChI=1S/C12H14N4O3/c1-8(2)7-15-6-4-13-10(11(15)17)16-5-3-9(14-16)12(18)19/h3-6,8H,7H2,1-2H3,(H,18,19). The Morgan fingerprint density at radius 1 is 1.42 bits per heavy atom. The van der Waals surface area contributed by atoms with Crippen molar-refractivity contribution in [3.63, 3.8) is 0 Å². The molecule has 0 spiro atoms. The highest BCUT2D eigenvalue weighted by molar-refractivity contribution is 5.85. The number of hydrogen-bond acceptors (Lipinski definition) is 4. The number of aromatic nitrogens is 4. The van der Waals surface area contributed by atoms with Crippen LogP contribution in [-0.2, 0) is 6.54 Å². The second-order valence-electron chi connectivity index (χ2n) is 4.55. The lowest BCUT2D eigenvalue weighted by Crippen LogP contribution is -2.27. The van der Waals surface area contributed by atoms with Crippen LogP contribution >= 0.6 is 0 Å². The summed E-state index contributed by atoms with van der Waals surface area (Å²) in [5.41, 5.74) is -0.420. The van der Waals surface area contributed by atoms with Gasteiger partial charge in [-0.15, -0.1) is 0 Å². The number of carboxylic acid groups (broad SMARTS) is 1. The molecule has 0 atom stereocenters. The minimum absolute atomic E-state index is 0.0932. The average Bonchev–Trinajstić information content (AvgIpc) is 2.80. The summed E-state index contributed by atoms with van der Waals surface area (Å²) in [6, 6.07) is 1.32. The van der Waals surface area contributed by atoms with Crippen molar-refractivity contribution in [2.75, 3.05) is 0 Å². The molecular weight excluding hydrogens is 248 g/mol. The summed E-state index contributed by atoms with van der Waals surface area (Å²) in [5, 5.41) is 12.6. The Balaban J connectivity index is 2.44. The molecule has 0 radical (unpaired) electrons. The maximum atomic E-state index is 12.2. The zero-order valence-electron chi connectivity index (χ0n) is 10.6. The fourth-order valence-corrected chi connectivity index (χ4v) is 1.69. The van der Waals surface area contributed by atoms with Gasteiger partial charge in [0.05, 0.1) is 0 Å². The lowest BCUT2D eigenvalue weighted by atomic mass is 10.2. The third kappa shape index (κ3) is 2.70. The monoisotopic (exact) mass is 262 g/mol. The highest BCUT2D eigenvalue weighted by atomic mass is 16.4. The largest absolute Gasteiger partial charge is 0.476 e. The number of nitrogens with zero attached hydrogens (tertiary/aromatic N) is 4. The third-order valence-corrected chi connectivity index (χ3v) is 2.48. The van der Waals surface area contributed by atoms with E-state index >= 15 is 0 Å². The first-order valence-electron chi connectivity index (χ1n) is 5.84. The summed E-state index contributed by atoms with van der Waals surface area (Å²) >= 11 is 0. The molecular formula is C12H14N4O3. The molecule has 2 heterocycles. The van der Waals surface area contributed by atoms with Gasteiger partial charge in [0.2, 0.25) is 5.82 Å². The third-order valence-electron chi connectivity index (χ3n) is 2.48. The Morgan fingerprint density at radius 3 is 2.74 bits per heavy atom. The Kier molecular flexibility index (Phi) is 3.46. The van der Waals surface area contributed by atoms with Gasteiger partial charge in [-0.05, 0) is 12.0 Å². The van der Waals surface area contributed by atoms with E-state index in [2.05, 4.69) is 10.1 Å². The molecule has 0 fully saturated rings. The molecule has 1 N–H and O–H groups in total. The van der Waals surface area contributed by atoms with Gasteiger partial charge in [-0.1, -0.05) is 13.8 Å². The van der Waals surface area contributed by atoms with Crippen LogP contribution in [0.25, 0.3) is 5.82 Å². The number of aromatic carboxylic acids is 1. The molecule has 0 aliphatic rings. The van der Waals surface area contributed by atoms with Crippen LogP contribution in [0, 0.1) is 5.92 Å². The Labute approximate surface area is 109 Å². The van der Waals surface area contributed by atoms with Crippen molar-refractivity contribution in [1.82, 2.24) is 19.3 Å². The first-order chi connectivity index (χ1) is 8.99. The number of carboxylic acids is 1. The van der Waals surface area contributed by atoms with Crippen molar-refractivity contribution in [2.45, 2.75) is 20.4 Å². The Bertz CT molecular complexity index is 657. The summed E-state index contributed by atoms with van der Waals surface area (Å²) in [5.74, 6) is -0.729. The zero-order chi connectivity index (χ0) is 14.0. The van der Waals surface area contributed by atoms with Crippen molar-refractivity contribution < 1.29 is 9.90 Å². The van der Waals surface area contributed by atoms with Crippen LogP contribution < -0.4 is 5.56 Å². The minimum atomic E-state index is -1.14. The summed E-state index contributed by atoms with van der Waals surface area (Å²) in [4.78, 5) is 26.9. The molecule has 0 aliphatic heterocycles. The van der Waals surface area contributed by atoms with Crippen molar-refractivity contribution in [2.24, 2.45) is 5.92 Å². The first-order valence-corrected chi connectivity index (χ1v) is 5.84. The molecule has 0 saturated heterocycles. The molecule has 7 heteroatoms. The van der Waals surface area contributed by atoms with Gasteiger partial charge in [-0.3, -0.25) is 4.79 Å². The van der Waals surface area contributed by atoms with Gasteiger partial charge >= 0.3 is 5.97 Å². The van der Waals surface area contributed by atoms with Crippen molar-refractivity contribution >= 4 is 5.97 Å². The van der Waals surface area contributed by atoms with Gasteiger partial charge in [0, 0.05) is 25.1 Å². The second kappa shape index (κ2) is 5.05. The van der Waals surface area contributed by atoms with Crippen LogP contribution in [0.4, 0.5) is 0 Å². The second-order valence-corrected chi connectivity index (χ2v) is 4.55. The summed E-state index contributed by atoms with van der Waals surface area (Å²) < 4.78 is 2.72. The SMILES string of the molecule is CC(C)Cn1ccnc(-n2ccc(C(=O)O)n2)c1=O. The molecule has 0 bridgehead atoms. The number of rotatable bonds is 4. The van der Waals surface area contributed by atoms with E-state index in [-0.39, 0.29) is 17.1 Å². The van der Waals surface area contributed by atoms with Crippen molar-refractivity contribution in [3.8, 4) is 5.82 Å². The molecule has 0 unspecified atom stereocenters. The molecule has 100 valence electrons. The lowest BCUT2D eigenvalue weighted by molar-refractivity contribution is 0.0690. The fraction of sp³-hybridized carbons (Fsp3) is 0.333. The first kappa shape index (κ1) is 13.0. The van der Waals surface area contributed by atoms with Crippen molar-refractivity contribution in [3.05, 3.63) is 40.7 Å². The van der Waals surface area contributed by atoms with Crippen LogP contribution in [0.1, 0.15) is 24.3 Å². The topological polar surface area (TPSA) is 90.0 Å².